The van der Waals surface area contributed by atoms with Crippen molar-refractivity contribution in [3.8, 4) is 0 Å². The summed E-state index contributed by atoms with van der Waals surface area (Å²) in [6, 6.07) is 19.4. The first-order valence-corrected chi connectivity index (χ1v) is 12.0. The van der Waals surface area contributed by atoms with Crippen molar-refractivity contribution in [2.45, 2.75) is 26.4 Å². The summed E-state index contributed by atoms with van der Waals surface area (Å²) in [7, 11) is 0. The molecule has 0 saturated heterocycles. The minimum absolute atomic E-state index is 0.664. The molecular weight excluding hydrogens is 499 g/mol. The smallest absolute Gasteiger partial charge is 0.265 e. The van der Waals surface area contributed by atoms with Crippen molar-refractivity contribution in [1.82, 2.24) is 24.9 Å². The Bertz CT molecular complexity index is 1200. The van der Waals surface area contributed by atoms with E-state index in [9.17, 15) is 13.2 Å². The van der Waals surface area contributed by atoms with Crippen molar-refractivity contribution < 1.29 is 13.2 Å². The largest absolute Gasteiger partial charge is 0.416 e. The topological polar surface area (TPSA) is 64.5 Å². The third-order valence-electron chi connectivity index (χ3n) is 4.52. The number of hydrogen-bond donors (Lipinski definition) is 0. The summed E-state index contributed by atoms with van der Waals surface area (Å²) in [4.78, 5) is 18.8. The molecule has 0 unspecified atom stereocenters. The lowest BCUT2D eigenvalue weighted by Gasteiger charge is -2.03. The van der Waals surface area contributed by atoms with Crippen molar-refractivity contribution in [2.75, 3.05) is 0 Å². The molecule has 5 heterocycles. The first kappa shape index (κ1) is 32.3. The number of alkyl halides is 3. The Balaban J connectivity index is 0.000000246. The van der Waals surface area contributed by atoms with E-state index in [-0.39, 0.29) is 0 Å². The molecule has 0 aromatic carbocycles. The van der Waals surface area contributed by atoms with Crippen molar-refractivity contribution >= 4 is 6.08 Å². The molecule has 0 saturated carbocycles. The summed E-state index contributed by atoms with van der Waals surface area (Å²) < 4.78 is 35.3. The Morgan fingerprint density at radius 3 is 1.26 bits per heavy atom. The normalized spacial score (nSPS) is 9.36. The molecule has 39 heavy (non-hydrogen) atoms. The van der Waals surface area contributed by atoms with E-state index in [1.54, 1.807) is 43.3 Å². The molecular formula is C31H32F3N5. The SMILES string of the molecule is C=Cc1ccncc1.CCc1ccncc1.Cc1ccncc1.FC(F)(F)c1ccncc1.c1ccncc1. The van der Waals surface area contributed by atoms with Gasteiger partial charge in [0, 0.05) is 62.0 Å². The summed E-state index contributed by atoms with van der Waals surface area (Å²) in [5, 5.41) is 0. The summed E-state index contributed by atoms with van der Waals surface area (Å²) in [6.07, 6.45) is 15.1. The molecule has 0 radical (unpaired) electrons. The van der Waals surface area contributed by atoms with Crippen LogP contribution in [0.4, 0.5) is 13.2 Å². The monoisotopic (exact) mass is 531 g/mol. The zero-order valence-corrected chi connectivity index (χ0v) is 22.0. The molecule has 5 aromatic rings. The van der Waals surface area contributed by atoms with E-state index >= 15 is 0 Å². The molecule has 0 amide bonds. The third kappa shape index (κ3) is 17.4. The zero-order valence-electron chi connectivity index (χ0n) is 22.0. The lowest BCUT2D eigenvalue weighted by Crippen LogP contribution is -2.03. The average molecular weight is 532 g/mol. The van der Waals surface area contributed by atoms with Gasteiger partial charge in [0.05, 0.1) is 5.56 Å². The molecule has 0 aliphatic rings. The first-order valence-electron chi connectivity index (χ1n) is 12.0. The van der Waals surface area contributed by atoms with Gasteiger partial charge in [0.1, 0.15) is 0 Å². The summed E-state index contributed by atoms with van der Waals surface area (Å²) in [5.41, 5.74) is 3.05. The van der Waals surface area contributed by atoms with E-state index in [2.05, 4.69) is 38.4 Å². The van der Waals surface area contributed by atoms with Gasteiger partial charge in [-0.05, 0) is 90.7 Å². The van der Waals surface area contributed by atoms with Crippen molar-refractivity contribution in [1.29, 1.82) is 0 Å². The van der Waals surface area contributed by atoms with Gasteiger partial charge in [0.25, 0.3) is 0 Å². The average Bonchev–Trinajstić information content (AvgIpc) is 3.00. The fourth-order valence-corrected chi connectivity index (χ4v) is 2.40. The zero-order chi connectivity index (χ0) is 28.6. The Hall–Kier alpha value is -4.72. The second-order valence-corrected chi connectivity index (χ2v) is 7.48. The van der Waals surface area contributed by atoms with Crippen molar-refractivity contribution in [3.05, 3.63) is 158 Å². The van der Waals surface area contributed by atoms with Crippen LogP contribution in [0.1, 0.15) is 29.2 Å². The fourth-order valence-electron chi connectivity index (χ4n) is 2.40. The summed E-state index contributed by atoms with van der Waals surface area (Å²) >= 11 is 0. The van der Waals surface area contributed by atoms with Crippen molar-refractivity contribution in [2.24, 2.45) is 0 Å². The number of aryl methyl sites for hydroxylation is 2. The van der Waals surface area contributed by atoms with Crippen LogP contribution in [0.3, 0.4) is 0 Å². The highest BCUT2D eigenvalue weighted by atomic mass is 19.4. The molecule has 0 aliphatic carbocycles. The van der Waals surface area contributed by atoms with E-state index in [1.807, 2.05) is 73.9 Å². The van der Waals surface area contributed by atoms with Crippen LogP contribution >= 0.6 is 0 Å². The molecule has 5 nitrogen and oxygen atoms in total. The van der Waals surface area contributed by atoms with Crippen LogP contribution in [-0.2, 0) is 12.6 Å². The van der Waals surface area contributed by atoms with Crippen LogP contribution in [0.25, 0.3) is 6.08 Å². The number of nitrogens with zero attached hydrogens (tertiary/aromatic N) is 5. The maximum absolute atomic E-state index is 11.8. The van der Waals surface area contributed by atoms with Crippen LogP contribution in [0, 0.1) is 6.92 Å². The van der Waals surface area contributed by atoms with Gasteiger partial charge in [-0.1, -0.05) is 25.6 Å². The van der Waals surface area contributed by atoms with Gasteiger partial charge in [0.2, 0.25) is 0 Å². The number of pyridine rings is 5. The molecule has 202 valence electrons. The first-order chi connectivity index (χ1) is 18.9. The number of hydrogen-bond acceptors (Lipinski definition) is 5. The van der Waals surface area contributed by atoms with Crippen LogP contribution in [0.2, 0.25) is 0 Å². The number of aromatic nitrogens is 5. The quantitative estimate of drug-likeness (QED) is 0.231. The second kappa shape index (κ2) is 20.4. The molecule has 5 aromatic heterocycles. The third-order valence-corrected chi connectivity index (χ3v) is 4.52. The van der Waals surface area contributed by atoms with Gasteiger partial charge >= 0.3 is 6.18 Å². The van der Waals surface area contributed by atoms with Gasteiger partial charge in [0.15, 0.2) is 0 Å². The van der Waals surface area contributed by atoms with E-state index < -0.39 is 11.7 Å². The lowest BCUT2D eigenvalue weighted by molar-refractivity contribution is -0.137. The maximum Gasteiger partial charge on any atom is 0.416 e. The van der Waals surface area contributed by atoms with E-state index in [4.69, 9.17) is 0 Å². The number of rotatable bonds is 2. The minimum Gasteiger partial charge on any atom is -0.265 e. The lowest BCUT2D eigenvalue weighted by atomic mass is 10.2. The van der Waals surface area contributed by atoms with Crippen LogP contribution in [0.15, 0.2) is 135 Å². The number of halogens is 3. The fraction of sp³-hybridized carbons (Fsp3) is 0.129. The molecule has 0 aliphatic heterocycles. The Morgan fingerprint density at radius 2 is 1.03 bits per heavy atom. The molecule has 0 fully saturated rings. The van der Waals surface area contributed by atoms with Crippen LogP contribution in [-0.4, -0.2) is 24.9 Å². The van der Waals surface area contributed by atoms with Gasteiger partial charge in [-0.3, -0.25) is 24.9 Å². The van der Waals surface area contributed by atoms with Gasteiger partial charge in [-0.15, -0.1) is 0 Å². The van der Waals surface area contributed by atoms with Crippen molar-refractivity contribution in [3.63, 3.8) is 0 Å². The Labute approximate surface area is 228 Å². The van der Waals surface area contributed by atoms with E-state index in [1.165, 1.54) is 11.1 Å². The molecule has 5 rings (SSSR count). The molecule has 0 atom stereocenters. The molecule has 0 N–H and O–H groups in total. The highest BCUT2D eigenvalue weighted by molar-refractivity contribution is 5.44. The molecule has 8 heteroatoms. The second-order valence-electron chi connectivity index (χ2n) is 7.48. The van der Waals surface area contributed by atoms with E-state index in [0.29, 0.717) is 0 Å². The van der Waals surface area contributed by atoms with Gasteiger partial charge in [-0.25, -0.2) is 0 Å². The Morgan fingerprint density at radius 1 is 0.615 bits per heavy atom. The summed E-state index contributed by atoms with van der Waals surface area (Å²) in [6.45, 7) is 7.78. The highest BCUT2D eigenvalue weighted by Gasteiger charge is 2.29. The predicted molar refractivity (Wildman–Crippen MR) is 150 cm³/mol. The van der Waals surface area contributed by atoms with Gasteiger partial charge in [-0.2, -0.15) is 13.2 Å². The van der Waals surface area contributed by atoms with Crippen LogP contribution < -0.4 is 0 Å². The molecule has 0 bridgehead atoms. The minimum atomic E-state index is -4.25. The standard InChI is InChI=1S/C7H9N.C7H7N.C6H4F3N.C6H7N.C5H5N/c2*1-2-7-3-5-8-6-4-7;7-6(8,9)5-1-3-10-4-2-5;1-6-2-4-7-5-3-6;1-2-4-6-5-3-1/h3-6H,2H2,1H3;2-6H,1H2;1-4H;2-5H,1H3;1-5H. The predicted octanol–water partition coefficient (Wildman–Crippen LogP) is 7.94. The highest BCUT2D eigenvalue weighted by Crippen LogP contribution is 2.27. The van der Waals surface area contributed by atoms with E-state index in [0.717, 1.165) is 36.5 Å². The summed E-state index contributed by atoms with van der Waals surface area (Å²) in [5.74, 6) is 0. The Kier molecular flexibility index (Phi) is 16.9. The van der Waals surface area contributed by atoms with Crippen LogP contribution in [0.5, 0.6) is 0 Å². The van der Waals surface area contributed by atoms with Gasteiger partial charge < -0.3 is 0 Å². The molecule has 0 spiro atoms. The maximum atomic E-state index is 11.8.